The summed E-state index contributed by atoms with van der Waals surface area (Å²) in [7, 11) is 0. The van der Waals surface area contributed by atoms with Crippen molar-refractivity contribution in [2.75, 3.05) is 11.4 Å². The van der Waals surface area contributed by atoms with Crippen LogP contribution in [0.5, 0.6) is 0 Å². The van der Waals surface area contributed by atoms with E-state index in [1.807, 2.05) is 17.0 Å². The van der Waals surface area contributed by atoms with Crippen LogP contribution in [0.4, 0.5) is 20.6 Å². The molecular formula is C23H25FN4O2. The summed E-state index contributed by atoms with van der Waals surface area (Å²) in [5.41, 5.74) is 4.20. The molecule has 2 aromatic carbocycles. The van der Waals surface area contributed by atoms with Crippen LogP contribution in [0.15, 0.2) is 52.4 Å². The van der Waals surface area contributed by atoms with Gasteiger partial charge in [-0.3, -0.25) is 0 Å². The van der Waals surface area contributed by atoms with Gasteiger partial charge in [0.25, 0.3) is 0 Å². The molecule has 0 fully saturated rings. The molecule has 2 N–H and O–H groups in total. The normalized spacial score (nSPS) is 18.7. The number of hydrogen-bond acceptors (Lipinski definition) is 4. The summed E-state index contributed by atoms with van der Waals surface area (Å²) in [4.78, 5) is 22.6. The van der Waals surface area contributed by atoms with Crippen LogP contribution in [-0.2, 0) is 6.42 Å². The summed E-state index contributed by atoms with van der Waals surface area (Å²) in [6.45, 7) is 4.90. The number of benzene rings is 2. The number of aliphatic hydroxyl groups excluding tert-OH is 1. The number of carbonyl (C=O) groups is 1. The Labute approximate surface area is 175 Å². The summed E-state index contributed by atoms with van der Waals surface area (Å²) in [6, 6.07) is 12.0. The molecule has 2 aliphatic heterocycles. The van der Waals surface area contributed by atoms with E-state index in [-0.39, 0.29) is 5.82 Å². The Bertz CT molecular complexity index is 1020. The minimum atomic E-state index is -1.19. The lowest BCUT2D eigenvalue weighted by Gasteiger charge is -2.35. The number of aryl methyl sites for hydroxylation is 1. The van der Waals surface area contributed by atoms with Gasteiger partial charge in [0.2, 0.25) is 0 Å². The maximum atomic E-state index is 13.1. The van der Waals surface area contributed by atoms with E-state index in [0.717, 1.165) is 36.2 Å². The van der Waals surface area contributed by atoms with Crippen LogP contribution in [0, 0.1) is 5.82 Å². The first kappa shape index (κ1) is 20.2. The summed E-state index contributed by atoms with van der Waals surface area (Å²) in [5.74, 6) is 0.529. The van der Waals surface area contributed by atoms with Crippen molar-refractivity contribution < 1.29 is 14.3 Å². The smallest absolute Gasteiger partial charge is 0.345 e. The molecule has 0 bridgehead atoms. The Morgan fingerprint density at radius 1 is 1.20 bits per heavy atom. The fourth-order valence-electron chi connectivity index (χ4n) is 3.77. The largest absolute Gasteiger partial charge is 0.368 e. The van der Waals surface area contributed by atoms with Gasteiger partial charge < -0.3 is 15.3 Å². The Kier molecular flexibility index (Phi) is 5.63. The van der Waals surface area contributed by atoms with Crippen LogP contribution >= 0.6 is 0 Å². The average Bonchev–Trinajstić information content (AvgIpc) is 2.74. The Hall–Kier alpha value is -3.06. The number of carbonyl (C=O) groups excluding carboxylic acids is 1. The average molecular weight is 408 g/mol. The van der Waals surface area contributed by atoms with Gasteiger partial charge in [0.15, 0.2) is 12.1 Å². The number of urea groups is 1. The molecule has 2 heterocycles. The molecule has 2 atom stereocenters. The number of rotatable bonds is 6. The quantitative estimate of drug-likeness (QED) is 0.748. The molecule has 0 saturated carbocycles. The molecule has 2 aromatic rings. The molecule has 0 saturated heterocycles. The van der Waals surface area contributed by atoms with E-state index in [4.69, 9.17) is 0 Å². The highest BCUT2D eigenvalue weighted by Crippen LogP contribution is 2.37. The van der Waals surface area contributed by atoms with Crippen molar-refractivity contribution in [2.45, 2.75) is 45.3 Å². The maximum Gasteiger partial charge on any atom is 0.345 e. The molecule has 6 nitrogen and oxygen atoms in total. The van der Waals surface area contributed by atoms with E-state index >= 15 is 0 Å². The van der Waals surface area contributed by atoms with E-state index < -0.39 is 12.3 Å². The highest BCUT2D eigenvalue weighted by molar-refractivity contribution is 6.51. The molecule has 2 aliphatic rings. The first-order chi connectivity index (χ1) is 14.5. The second-order valence-electron chi connectivity index (χ2n) is 7.72. The van der Waals surface area contributed by atoms with E-state index in [1.165, 1.54) is 17.7 Å². The second kappa shape index (κ2) is 8.36. The zero-order chi connectivity index (χ0) is 21.3. The SMILES string of the molecule is CCC(C)c1ccc2c(c1)N=C1C(=NC(=O)NC1O)N2CCCc1ccc(F)cc1. The van der Waals surface area contributed by atoms with Crippen molar-refractivity contribution in [3.63, 3.8) is 0 Å². The van der Waals surface area contributed by atoms with Crippen molar-refractivity contribution in [3.8, 4) is 0 Å². The van der Waals surface area contributed by atoms with Crippen LogP contribution in [0.1, 0.15) is 43.7 Å². The number of halogens is 1. The predicted octanol–water partition coefficient (Wildman–Crippen LogP) is 4.30. The minimum absolute atomic E-state index is 0.252. The van der Waals surface area contributed by atoms with Gasteiger partial charge in [-0.1, -0.05) is 32.0 Å². The van der Waals surface area contributed by atoms with Gasteiger partial charge in [-0.2, -0.15) is 4.99 Å². The van der Waals surface area contributed by atoms with E-state index in [2.05, 4.69) is 35.2 Å². The molecular weight excluding hydrogens is 383 g/mol. The zero-order valence-corrected chi connectivity index (χ0v) is 17.1. The molecule has 4 rings (SSSR count). The number of amides is 2. The zero-order valence-electron chi connectivity index (χ0n) is 17.1. The number of fused-ring (bicyclic) bond motifs is 2. The summed E-state index contributed by atoms with van der Waals surface area (Å²) in [6.07, 6.45) is 1.35. The minimum Gasteiger partial charge on any atom is -0.368 e. The van der Waals surface area contributed by atoms with Gasteiger partial charge in [-0.15, -0.1) is 0 Å². The van der Waals surface area contributed by atoms with Gasteiger partial charge in [-0.05, 0) is 60.6 Å². The van der Waals surface area contributed by atoms with Crippen molar-refractivity contribution in [3.05, 3.63) is 59.4 Å². The van der Waals surface area contributed by atoms with Gasteiger partial charge >= 0.3 is 6.03 Å². The van der Waals surface area contributed by atoms with Crippen LogP contribution in [0.2, 0.25) is 0 Å². The molecule has 156 valence electrons. The van der Waals surface area contributed by atoms with E-state index in [0.29, 0.717) is 24.0 Å². The molecule has 2 amide bonds. The Morgan fingerprint density at radius 2 is 1.97 bits per heavy atom. The predicted molar refractivity (Wildman–Crippen MR) is 116 cm³/mol. The number of anilines is 1. The van der Waals surface area contributed by atoms with Crippen LogP contribution in [0.3, 0.4) is 0 Å². The highest BCUT2D eigenvalue weighted by Gasteiger charge is 2.35. The number of amidine groups is 1. The van der Waals surface area contributed by atoms with Gasteiger partial charge in [0.05, 0.1) is 11.4 Å². The molecule has 0 spiro atoms. The van der Waals surface area contributed by atoms with E-state index in [9.17, 15) is 14.3 Å². The second-order valence-corrected chi connectivity index (χ2v) is 7.72. The number of nitrogens with one attached hydrogen (secondary N) is 1. The third-order valence-corrected chi connectivity index (χ3v) is 5.68. The maximum absolute atomic E-state index is 13.1. The monoisotopic (exact) mass is 408 g/mol. The van der Waals surface area contributed by atoms with Gasteiger partial charge in [0, 0.05) is 6.54 Å². The van der Waals surface area contributed by atoms with Gasteiger partial charge in [-0.25, -0.2) is 14.2 Å². The third kappa shape index (κ3) is 3.98. The lowest BCUT2D eigenvalue weighted by atomic mass is 9.96. The van der Waals surface area contributed by atoms with Crippen LogP contribution < -0.4 is 10.2 Å². The summed E-state index contributed by atoms with van der Waals surface area (Å²) >= 11 is 0. The summed E-state index contributed by atoms with van der Waals surface area (Å²) < 4.78 is 13.1. The molecule has 0 radical (unpaired) electrons. The number of aliphatic imine (C=N–C) groups is 2. The van der Waals surface area contributed by atoms with Crippen LogP contribution in [-0.4, -0.2) is 35.5 Å². The summed E-state index contributed by atoms with van der Waals surface area (Å²) in [5, 5.41) is 12.8. The number of nitrogens with zero attached hydrogens (tertiary/aromatic N) is 3. The number of hydrogen-bond donors (Lipinski definition) is 2. The van der Waals surface area contributed by atoms with Crippen molar-refractivity contribution in [1.29, 1.82) is 0 Å². The molecule has 0 aromatic heterocycles. The fourth-order valence-corrected chi connectivity index (χ4v) is 3.77. The lowest BCUT2D eigenvalue weighted by Crippen LogP contribution is -2.54. The van der Waals surface area contributed by atoms with Crippen molar-refractivity contribution in [2.24, 2.45) is 9.98 Å². The Morgan fingerprint density at radius 3 is 2.70 bits per heavy atom. The van der Waals surface area contributed by atoms with Crippen molar-refractivity contribution >= 4 is 29.0 Å². The third-order valence-electron chi connectivity index (χ3n) is 5.68. The fraction of sp³-hybridized carbons (Fsp3) is 0.348. The van der Waals surface area contributed by atoms with Gasteiger partial charge in [0.1, 0.15) is 11.5 Å². The number of aliphatic hydroxyl groups is 1. The molecule has 30 heavy (non-hydrogen) atoms. The van der Waals surface area contributed by atoms with E-state index in [1.54, 1.807) is 12.1 Å². The molecule has 7 heteroatoms. The Balaban J connectivity index is 1.64. The first-order valence-electron chi connectivity index (χ1n) is 10.3. The highest BCUT2D eigenvalue weighted by atomic mass is 19.1. The topological polar surface area (TPSA) is 77.3 Å². The molecule has 2 unspecified atom stereocenters. The first-order valence-corrected chi connectivity index (χ1v) is 10.3. The molecule has 0 aliphatic carbocycles. The lowest BCUT2D eigenvalue weighted by molar-refractivity contribution is 0.194. The van der Waals surface area contributed by atoms with Crippen molar-refractivity contribution in [1.82, 2.24) is 5.32 Å². The standard InChI is InChI=1S/C23H25FN4O2/c1-3-14(2)16-8-11-19-18(13-16)25-20-21(26-23(30)27-22(20)29)28(19)12-4-5-15-6-9-17(24)10-7-15/h6-11,13-14,22,29H,3-5,12H2,1-2H3,(H,27,30). The van der Waals surface area contributed by atoms with Crippen LogP contribution in [0.25, 0.3) is 0 Å².